The molecule has 0 aromatic heterocycles. The Hall–Kier alpha value is -1.19. The number of aldehydes is 1. The van der Waals surface area contributed by atoms with Crippen LogP contribution < -0.4 is 11.7 Å². The van der Waals surface area contributed by atoms with Crippen LogP contribution in [0.4, 0.5) is 0 Å². The van der Waals surface area contributed by atoms with Gasteiger partial charge in [-0.2, -0.15) is 0 Å². The summed E-state index contributed by atoms with van der Waals surface area (Å²) in [5, 5.41) is 0. The Morgan fingerprint density at radius 3 is 1.90 bits per heavy atom. The second-order valence-corrected chi connectivity index (χ2v) is 1.53. The van der Waals surface area contributed by atoms with Crippen molar-refractivity contribution in [2.45, 2.75) is 0 Å². The molecule has 1 rings (SSSR count). The third kappa shape index (κ3) is 2.96. The van der Waals surface area contributed by atoms with Gasteiger partial charge in [-0.05, 0) is 0 Å². The highest BCUT2D eigenvalue weighted by molar-refractivity contribution is 5.74. The second-order valence-electron chi connectivity index (χ2n) is 1.53. The Bertz CT molecular complexity index is 174. The molecule has 3 nitrogen and oxygen atoms in total. The Morgan fingerprint density at radius 2 is 1.60 bits per heavy atom. The fraction of sp³-hybridized carbons (Fsp3) is 0. The van der Waals surface area contributed by atoms with Crippen LogP contribution in [0, 0.1) is 0 Å². The van der Waals surface area contributed by atoms with Gasteiger partial charge in [-0.15, -0.1) is 0 Å². The van der Waals surface area contributed by atoms with Crippen molar-refractivity contribution < 1.29 is 4.79 Å². The summed E-state index contributed by atoms with van der Waals surface area (Å²) in [6.45, 7) is 0. The molecule has 0 atom stereocenters. The van der Waals surface area contributed by atoms with Crippen LogP contribution in [0.25, 0.3) is 0 Å². The molecule has 4 N–H and O–H groups in total. The Labute approximate surface area is 59.6 Å². The molecule has 0 bridgehead atoms. The molecule has 0 radical (unpaired) electrons. The molecule has 0 spiro atoms. The zero-order valence-electron chi connectivity index (χ0n) is 5.53. The number of hydrazine groups is 1. The number of hydrogen-bond acceptors (Lipinski definition) is 3. The predicted molar refractivity (Wildman–Crippen MR) is 40.2 cm³/mol. The lowest BCUT2D eigenvalue weighted by atomic mass is 10.2. The van der Waals surface area contributed by atoms with Crippen LogP contribution in [0.15, 0.2) is 30.3 Å². The van der Waals surface area contributed by atoms with E-state index in [1.807, 2.05) is 18.2 Å². The van der Waals surface area contributed by atoms with Gasteiger partial charge in [0.1, 0.15) is 6.29 Å². The topological polar surface area (TPSA) is 69.1 Å². The first-order chi connectivity index (χ1) is 4.93. The van der Waals surface area contributed by atoms with Crippen molar-refractivity contribution in [1.29, 1.82) is 0 Å². The number of hydrogen-bond donors (Lipinski definition) is 2. The van der Waals surface area contributed by atoms with Gasteiger partial charge in [0.15, 0.2) is 0 Å². The fourth-order valence-electron chi connectivity index (χ4n) is 0.532. The maximum absolute atomic E-state index is 10.0. The molecule has 3 heteroatoms. The normalized spacial score (nSPS) is 7.40. The fourth-order valence-corrected chi connectivity index (χ4v) is 0.532. The van der Waals surface area contributed by atoms with E-state index in [9.17, 15) is 4.79 Å². The summed E-state index contributed by atoms with van der Waals surface area (Å²) >= 11 is 0. The molecule has 1 aromatic rings. The molecule has 10 heavy (non-hydrogen) atoms. The highest BCUT2D eigenvalue weighted by Crippen LogP contribution is 1.91. The van der Waals surface area contributed by atoms with E-state index in [-0.39, 0.29) is 0 Å². The minimum Gasteiger partial charge on any atom is -0.298 e. The predicted octanol–water partition coefficient (Wildman–Crippen LogP) is 0.318. The van der Waals surface area contributed by atoms with Gasteiger partial charge in [0.2, 0.25) is 0 Å². The lowest BCUT2D eigenvalue weighted by molar-refractivity contribution is 0.112. The quantitative estimate of drug-likeness (QED) is 0.333. The number of carbonyl (C=O) groups is 1. The maximum atomic E-state index is 10.0. The van der Waals surface area contributed by atoms with E-state index < -0.39 is 0 Å². The highest BCUT2D eigenvalue weighted by atomic mass is 16.1. The standard InChI is InChI=1S/C7H6O.H4N2/c8-6-7-4-2-1-3-5-7;1-2/h1-6H;1-2H2. The van der Waals surface area contributed by atoms with E-state index in [0.717, 1.165) is 11.8 Å². The molecule has 0 unspecified atom stereocenters. The molecule has 0 heterocycles. The molecular weight excluding hydrogens is 128 g/mol. The first-order valence-electron chi connectivity index (χ1n) is 2.77. The third-order valence-corrected chi connectivity index (χ3v) is 0.936. The molecule has 54 valence electrons. The zero-order valence-corrected chi connectivity index (χ0v) is 5.53. The second kappa shape index (κ2) is 5.94. The summed E-state index contributed by atoms with van der Waals surface area (Å²) in [6.07, 6.45) is 0.833. The van der Waals surface area contributed by atoms with E-state index >= 15 is 0 Å². The molecule has 0 saturated carbocycles. The van der Waals surface area contributed by atoms with Crippen LogP contribution in [-0.2, 0) is 0 Å². The first-order valence-corrected chi connectivity index (χ1v) is 2.77. The molecular formula is C7H10N2O. The van der Waals surface area contributed by atoms with Gasteiger partial charge in [-0.3, -0.25) is 16.5 Å². The van der Waals surface area contributed by atoms with Crippen LogP contribution in [0.5, 0.6) is 0 Å². The molecule has 0 aliphatic carbocycles. The van der Waals surface area contributed by atoms with Crippen molar-refractivity contribution in [1.82, 2.24) is 0 Å². The van der Waals surface area contributed by atoms with Crippen LogP contribution >= 0.6 is 0 Å². The first kappa shape index (κ1) is 8.81. The molecule has 0 aliphatic heterocycles. The third-order valence-electron chi connectivity index (χ3n) is 0.936. The van der Waals surface area contributed by atoms with E-state index in [4.69, 9.17) is 0 Å². The summed E-state index contributed by atoms with van der Waals surface area (Å²) in [5.74, 6) is 8.00. The van der Waals surface area contributed by atoms with Gasteiger partial charge < -0.3 is 0 Å². The van der Waals surface area contributed by atoms with Crippen LogP contribution in [0.1, 0.15) is 10.4 Å². The summed E-state index contributed by atoms with van der Waals surface area (Å²) in [6, 6.07) is 9.10. The molecule has 0 amide bonds. The molecule has 0 aliphatic rings. The molecule has 0 saturated heterocycles. The largest absolute Gasteiger partial charge is 0.298 e. The lowest BCUT2D eigenvalue weighted by Gasteiger charge is -1.81. The monoisotopic (exact) mass is 138 g/mol. The number of rotatable bonds is 1. The lowest BCUT2D eigenvalue weighted by Crippen LogP contribution is -2.02. The number of nitrogens with two attached hydrogens (primary N) is 2. The summed E-state index contributed by atoms with van der Waals surface area (Å²) < 4.78 is 0. The van der Waals surface area contributed by atoms with Crippen molar-refractivity contribution >= 4 is 6.29 Å². The summed E-state index contributed by atoms with van der Waals surface area (Å²) in [4.78, 5) is 10.0. The van der Waals surface area contributed by atoms with Gasteiger partial charge in [0.25, 0.3) is 0 Å². The van der Waals surface area contributed by atoms with Crippen molar-refractivity contribution in [2.75, 3.05) is 0 Å². The van der Waals surface area contributed by atoms with Gasteiger partial charge in [-0.1, -0.05) is 30.3 Å². The van der Waals surface area contributed by atoms with E-state index in [2.05, 4.69) is 11.7 Å². The van der Waals surface area contributed by atoms with E-state index in [0.29, 0.717) is 0 Å². The van der Waals surface area contributed by atoms with Gasteiger partial charge >= 0.3 is 0 Å². The van der Waals surface area contributed by atoms with E-state index in [1.165, 1.54) is 0 Å². The number of carbonyl (C=O) groups excluding carboxylic acids is 1. The summed E-state index contributed by atoms with van der Waals surface area (Å²) in [5.41, 5.74) is 0.729. The van der Waals surface area contributed by atoms with Crippen molar-refractivity contribution in [3.05, 3.63) is 35.9 Å². The average molecular weight is 138 g/mol. The van der Waals surface area contributed by atoms with Gasteiger partial charge in [0, 0.05) is 5.56 Å². The Kier molecular flexibility index (Phi) is 5.23. The van der Waals surface area contributed by atoms with Gasteiger partial charge in [0.05, 0.1) is 0 Å². The molecule has 0 fully saturated rings. The van der Waals surface area contributed by atoms with Crippen molar-refractivity contribution in [2.24, 2.45) is 11.7 Å². The SMILES string of the molecule is NN.O=Cc1ccccc1. The Balaban J connectivity index is 0.000000371. The average Bonchev–Trinajstić information content (AvgIpc) is 2.10. The van der Waals surface area contributed by atoms with Crippen molar-refractivity contribution in [3.8, 4) is 0 Å². The van der Waals surface area contributed by atoms with E-state index in [1.54, 1.807) is 12.1 Å². The van der Waals surface area contributed by atoms with Crippen LogP contribution in [0.3, 0.4) is 0 Å². The minimum atomic E-state index is 0.729. The zero-order chi connectivity index (χ0) is 7.82. The minimum absolute atomic E-state index is 0.729. The summed E-state index contributed by atoms with van der Waals surface area (Å²) in [7, 11) is 0. The maximum Gasteiger partial charge on any atom is 0.150 e. The van der Waals surface area contributed by atoms with Crippen LogP contribution in [0.2, 0.25) is 0 Å². The number of benzene rings is 1. The Morgan fingerprint density at radius 1 is 1.10 bits per heavy atom. The van der Waals surface area contributed by atoms with Gasteiger partial charge in [-0.25, -0.2) is 0 Å². The van der Waals surface area contributed by atoms with Crippen molar-refractivity contribution in [3.63, 3.8) is 0 Å². The smallest absolute Gasteiger partial charge is 0.150 e. The molecule has 1 aromatic carbocycles. The highest BCUT2D eigenvalue weighted by Gasteiger charge is 1.79. The van der Waals surface area contributed by atoms with Crippen LogP contribution in [-0.4, -0.2) is 6.29 Å².